The van der Waals surface area contributed by atoms with Crippen LogP contribution in [0, 0.1) is 17.0 Å². The number of nitro benzene ring substituents is 1. The number of nitrogens with one attached hydrogen (secondary N) is 1. The topological polar surface area (TPSA) is 98.5 Å². The van der Waals surface area contributed by atoms with Gasteiger partial charge >= 0.3 is 5.97 Å². The largest absolute Gasteiger partial charge is 0.452 e. The molecule has 0 aliphatic rings. The highest BCUT2D eigenvalue weighted by Gasteiger charge is 2.16. The summed E-state index contributed by atoms with van der Waals surface area (Å²) >= 11 is 0. The minimum Gasteiger partial charge on any atom is -0.452 e. The average Bonchev–Trinajstić information content (AvgIpc) is 2.65. The van der Waals surface area contributed by atoms with E-state index in [0.717, 1.165) is 12.0 Å². The third-order valence-electron chi connectivity index (χ3n) is 4.34. The van der Waals surface area contributed by atoms with Crippen molar-refractivity contribution in [1.82, 2.24) is 0 Å². The van der Waals surface area contributed by atoms with Crippen LogP contribution in [0.4, 0.5) is 11.4 Å². The van der Waals surface area contributed by atoms with Gasteiger partial charge in [0.15, 0.2) is 6.61 Å². The van der Waals surface area contributed by atoms with Gasteiger partial charge in [-0.1, -0.05) is 32.0 Å². The number of esters is 1. The van der Waals surface area contributed by atoms with Crippen molar-refractivity contribution in [2.75, 3.05) is 11.9 Å². The molecular formula is C20H22N2O5. The molecule has 2 aromatic rings. The smallest absolute Gasteiger partial charge is 0.338 e. The van der Waals surface area contributed by atoms with Crippen LogP contribution in [0.1, 0.15) is 47.7 Å². The van der Waals surface area contributed by atoms with E-state index in [0.29, 0.717) is 11.3 Å². The lowest BCUT2D eigenvalue weighted by atomic mass is 9.97. The molecule has 0 saturated heterocycles. The number of benzene rings is 2. The molecule has 0 saturated carbocycles. The normalized spacial score (nSPS) is 11.5. The van der Waals surface area contributed by atoms with E-state index >= 15 is 0 Å². The molecule has 2 aromatic carbocycles. The number of hydrogen-bond acceptors (Lipinski definition) is 5. The second-order valence-corrected chi connectivity index (χ2v) is 6.28. The fraction of sp³-hybridized carbons (Fsp3) is 0.300. The highest BCUT2D eigenvalue weighted by Crippen LogP contribution is 2.26. The van der Waals surface area contributed by atoms with Crippen LogP contribution in [-0.2, 0) is 9.53 Å². The number of rotatable bonds is 7. The van der Waals surface area contributed by atoms with Crippen molar-refractivity contribution in [3.63, 3.8) is 0 Å². The van der Waals surface area contributed by atoms with Crippen molar-refractivity contribution in [2.24, 2.45) is 0 Å². The highest BCUT2D eigenvalue weighted by atomic mass is 16.6. The second-order valence-electron chi connectivity index (χ2n) is 6.28. The van der Waals surface area contributed by atoms with Crippen LogP contribution in [0.25, 0.3) is 0 Å². The zero-order chi connectivity index (χ0) is 20.0. The van der Waals surface area contributed by atoms with Gasteiger partial charge in [0.05, 0.1) is 10.5 Å². The predicted octanol–water partition coefficient (Wildman–Crippen LogP) is 4.21. The quantitative estimate of drug-likeness (QED) is 0.447. The molecule has 2 rings (SSSR count). The molecule has 7 nitrogen and oxygen atoms in total. The van der Waals surface area contributed by atoms with Crippen LogP contribution in [-0.4, -0.2) is 23.4 Å². The van der Waals surface area contributed by atoms with Gasteiger partial charge in [0.25, 0.3) is 11.6 Å². The summed E-state index contributed by atoms with van der Waals surface area (Å²) < 4.78 is 5.02. The lowest BCUT2D eigenvalue weighted by Gasteiger charge is -2.15. The van der Waals surface area contributed by atoms with Gasteiger partial charge in [0.1, 0.15) is 0 Å². The Labute approximate surface area is 157 Å². The summed E-state index contributed by atoms with van der Waals surface area (Å²) in [6.07, 6.45) is 0.932. The van der Waals surface area contributed by atoms with E-state index in [4.69, 9.17) is 4.74 Å². The maximum Gasteiger partial charge on any atom is 0.338 e. The molecule has 1 N–H and O–H groups in total. The summed E-state index contributed by atoms with van der Waals surface area (Å²) in [5.74, 6) is -0.872. The molecule has 27 heavy (non-hydrogen) atoms. The van der Waals surface area contributed by atoms with E-state index < -0.39 is 23.4 Å². The maximum atomic E-state index is 12.1. The maximum absolute atomic E-state index is 12.1. The zero-order valence-corrected chi connectivity index (χ0v) is 15.5. The zero-order valence-electron chi connectivity index (χ0n) is 15.5. The molecule has 0 bridgehead atoms. The van der Waals surface area contributed by atoms with Gasteiger partial charge in [0, 0.05) is 17.3 Å². The SMILES string of the molecule is CC[C@@H](C)c1ccccc1NC(=O)COC(=O)c1ccc([N+](=O)[O-])c(C)c1. The van der Waals surface area contributed by atoms with Crippen LogP contribution in [0.5, 0.6) is 0 Å². The molecule has 1 atom stereocenters. The Morgan fingerprint density at radius 3 is 2.56 bits per heavy atom. The lowest BCUT2D eigenvalue weighted by molar-refractivity contribution is -0.385. The number of ether oxygens (including phenoxy) is 1. The van der Waals surface area contributed by atoms with E-state index in [2.05, 4.69) is 19.2 Å². The molecule has 0 spiro atoms. The molecule has 1 amide bonds. The minimum atomic E-state index is -0.710. The van der Waals surface area contributed by atoms with Crippen LogP contribution < -0.4 is 5.32 Å². The van der Waals surface area contributed by atoms with Crippen molar-refractivity contribution in [3.05, 3.63) is 69.3 Å². The summed E-state index contributed by atoms with van der Waals surface area (Å²) in [6, 6.07) is 11.4. The third-order valence-corrected chi connectivity index (χ3v) is 4.34. The Kier molecular flexibility index (Phi) is 6.65. The average molecular weight is 370 g/mol. The first-order chi connectivity index (χ1) is 12.8. The standard InChI is InChI=1S/C20H22N2O5/c1-4-13(2)16-7-5-6-8-17(16)21-19(23)12-27-20(24)15-9-10-18(22(25)26)14(3)11-15/h5-11,13H,4,12H2,1-3H3,(H,21,23)/t13-/m1/s1. The number of anilines is 1. The first kappa shape index (κ1) is 20.1. The van der Waals surface area contributed by atoms with Crippen LogP contribution in [0.15, 0.2) is 42.5 Å². The van der Waals surface area contributed by atoms with Gasteiger partial charge < -0.3 is 10.1 Å². The Bertz CT molecular complexity index is 863. The van der Waals surface area contributed by atoms with Gasteiger partial charge in [0.2, 0.25) is 0 Å². The van der Waals surface area contributed by atoms with Gasteiger partial charge in [-0.3, -0.25) is 14.9 Å². The van der Waals surface area contributed by atoms with Crippen molar-refractivity contribution < 1.29 is 19.2 Å². The monoisotopic (exact) mass is 370 g/mol. The first-order valence-electron chi connectivity index (χ1n) is 8.64. The number of carbonyl (C=O) groups is 2. The molecule has 0 heterocycles. The molecular weight excluding hydrogens is 348 g/mol. The summed E-state index contributed by atoms with van der Waals surface area (Å²) in [7, 11) is 0. The highest BCUT2D eigenvalue weighted by molar-refractivity contribution is 5.96. The van der Waals surface area contributed by atoms with Gasteiger partial charge in [-0.25, -0.2) is 4.79 Å². The summed E-state index contributed by atoms with van der Waals surface area (Å²) in [6.45, 7) is 5.23. The number of para-hydroxylation sites is 1. The van der Waals surface area contributed by atoms with Gasteiger partial charge in [-0.2, -0.15) is 0 Å². The van der Waals surface area contributed by atoms with E-state index in [1.54, 1.807) is 6.07 Å². The molecule has 0 aliphatic heterocycles. The summed E-state index contributed by atoms with van der Waals surface area (Å²) in [5, 5.41) is 13.6. The minimum absolute atomic E-state index is 0.0778. The Morgan fingerprint density at radius 1 is 1.22 bits per heavy atom. The van der Waals surface area contributed by atoms with Gasteiger partial charge in [-0.15, -0.1) is 0 Å². The fourth-order valence-corrected chi connectivity index (χ4v) is 2.65. The van der Waals surface area contributed by atoms with Crippen molar-refractivity contribution in [1.29, 1.82) is 0 Å². The number of carbonyl (C=O) groups excluding carboxylic acids is 2. The van der Waals surface area contributed by atoms with E-state index in [9.17, 15) is 19.7 Å². The van der Waals surface area contributed by atoms with Crippen molar-refractivity contribution >= 4 is 23.3 Å². The third kappa shape index (κ3) is 5.13. The molecule has 0 unspecified atom stereocenters. The Hall–Kier alpha value is -3.22. The molecule has 0 radical (unpaired) electrons. The number of aryl methyl sites for hydroxylation is 1. The van der Waals surface area contributed by atoms with Crippen LogP contribution in [0.2, 0.25) is 0 Å². The number of hydrogen-bond donors (Lipinski definition) is 1. The Balaban J connectivity index is 1.99. The molecule has 0 aliphatic carbocycles. The van der Waals surface area contributed by atoms with E-state index in [-0.39, 0.29) is 17.2 Å². The van der Waals surface area contributed by atoms with Crippen molar-refractivity contribution in [2.45, 2.75) is 33.1 Å². The molecule has 7 heteroatoms. The number of nitrogens with zero attached hydrogens (tertiary/aromatic N) is 1. The van der Waals surface area contributed by atoms with E-state index in [1.165, 1.54) is 25.1 Å². The fourth-order valence-electron chi connectivity index (χ4n) is 2.65. The number of amides is 1. The lowest BCUT2D eigenvalue weighted by Crippen LogP contribution is -2.21. The Morgan fingerprint density at radius 2 is 1.93 bits per heavy atom. The van der Waals surface area contributed by atoms with Crippen LogP contribution in [0.3, 0.4) is 0 Å². The number of nitro groups is 1. The predicted molar refractivity (Wildman–Crippen MR) is 102 cm³/mol. The molecule has 142 valence electrons. The molecule has 0 aromatic heterocycles. The van der Waals surface area contributed by atoms with Gasteiger partial charge in [-0.05, 0) is 43.0 Å². The summed E-state index contributed by atoms with van der Waals surface area (Å²) in [4.78, 5) is 34.5. The van der Waals surface area contributed by atoms with Crippen LogP contribution >= 0.6 is 0 Å². The summed E-state index contributed by atoms with van der Waals surface area (Å²) in [5.41, 5.74) is 2.14. The van der Waals surface area contributed by atoms with E-state index in [1.807, 2.05) is 18.2 Å². The first-order valence-corrected chi connectivity index (χ1v) is 8.64. The van der Waals surface area contributed by atoms with Crippen molar-refractivity contribution in [3.8, 4) is 0 Å². The molecule has 0 fully saturated rings. The second kappa shape index (κ2) is 8.93.